The molecule has 5 heteroatoms. The van der Waals surface area contributed by atoms with Crippen LogP contribution in [0, 0.1) is 0 Å². The molecule has 128 valence electrons. The van der Waals surface area contributed by atoms with Gasteiger partial charge in [0, 0.05) is 6.20 Å². The average molecular weight is 344 g/mol. The fraction of sp³-hybridized carbons (Fsp3) is 0.421. The van der Waals surface area contributed by atoms with E-state index in [1.54, 1.807) is 25.3 Å². The Bertz CT molecular complexity index is 752. The summed E-state index contributed by atoms with van der Waals surface area (Å²) in [6.07, 6.45) is 7.95. The van der Waals surface area contributed by atoms with Gasteiger partial charge in [-0.2, -0.15) is 0 Å². The van der Waals surface area contributed by atoms with E-state index >= 15 is 0 Å². The van der Waals surface area contributed by atoms with Crippen LogP contribution in [0.5, 0.6) is 0 Å². The molecule has 1 N–H and O–H groups in total. The molecule has 0 aliphatic heterocycles. The molecule has 0 saturated heterocycles. The Kier molecular flexibility index (Phi) is 5.31. The summed E-state index contributed by atoms with van der Waals surface area (Å²) >= 11 is 0. The number of benzene rings is 1. The molecule has 4 nitrogen and oxygen atoms in total. The van der Waals surface area contributed by atoms with Crippen molar-refractivity contribution in [3.63, 3.8) is 0 Å². The Morgan fingerprint density at radius 1 is 1.04 bits per heavy atom. The molecule has 2 aromatic rings. The molecule has 0 radical (unpaired) electrons. The van der Waals surface area contributed by atoms with Crippen LogP contribution < -0.4 is 4.72 Å². The highest BCUT2D eigenvalue weighted by Crippen LogP contribution is 2.32. The third-order valence-electron chi connectivity index (χ3n) is 4.73. The lowest BCUT2D eigenvalue weighted by atomic mass is 9.84. The molecule has 1 unspecified atom stereocenters. The van der Waals surface area contributed by atoms with E-state index < -0.39 is 10.0 Å². The van der Waals surface area contributed by atoms with E-state index in [1.807, 2.05) is 30.3 Å². The second-order valence-electron chi connectivity index (χ2n) is 6.50. The number of nitrogens with zero attached hydrogens (tertiary/aromatic N) is 1. The number of hydrogen-bond donors (Lipinski definition) is 1. The van der Waals surface area contributed by atoms with Gasteiger partial charge in [-0.25, -0.2) is 13.1 Å². The van der Waals surface area contributed by atoms with Crippen LogP contribution in [-0.4, -0.2) is 13.4 Å². The second kappa shape index (κ2) is 7.45. The molecule has 1 heterocycles. The summed E-state index contributed by atoms with van der Waals surface area (Å²) in [6, 6.07) is 12.5. The van der Waals surface area contributed by atoms with E-state index in [9.17, 15) is 8.42 Å². The molecule has 1 aliphatic rings. The summed E-state index contributed by atoms with van der Waals surface area (Å²) in [6.45, 7) is 1.80. The molecule has 0 amide bonds. The fourth-order valence-electron chi connectivity index (χ4n) is 3.35. The van der Waals surface area contributed by atoms with Crippen LogP contribution >= 0.6 is 0 Å². The Morgan fingerprint density at radius 2 is 1.75 bits per heavy atom. The Labute approximate surface area is 144 Å². The van der Waals surface area contributed by atoms with Crippen molar-refractivity contribution in [1.82, 2.24) is 9.71 Å². The average Bonchev–Trinajstić information content (AvgIpc) is 2.63. The van der Waals surface area contributed by atoms with Crippen molar-refractivity contribution in [2.24, 2.45) is 0 Å². The van der Waals surface area contributed by atoms with Crippen molar-refractivity contribution in [2.75, 3.05) is 0 Å². The molecule has 1 saturated carbocycles. The monoisotopic (exact) mass is 344 g/mol. The zero-order valence-electron chi connectivity index (χ0n) is 14.0. The SMILES string of the molecule is CC(NS(=O)(=O)c1ccc(C2CCCCC2)cc1)c1ccccn1. The van der Waals surface area contributed by atoms with Gasteiger partial charge in [-0.15, -0.1) is 0 Å². The first-order chi connectivity index (χ1) is 11.6. The zero-order chi connectivity index (χ0) is 17.0. The molecular weight excluding hydrogens is 320 g/mol. The maximum atomic E-state index is 12.6. The van der Waals surface area contributed by atoms with E-state index in [0.29, 0.717) is 16.5 Å². The fourth-order valence-corrected chi connectivity index (χ4v) is 4.56. The number of rotatable bonds is 5. The van der Waals surface area contributed by atoms with E-state index in [4.69, 9.17) is 0 Å². The van der Waals surface area contributed by atoms with Crippen molar-refractivity contribution < 1.29 is 8.42 Å². The van der Waals surface area contributed by atoms with Crippen LogP contribution in [-0.2, 0) is 10.0 Å². The smallest absolute Gasteiger partial charge is 0.241 e. The third-order valence-corrected chi connectivity index (χ3v) is 6.29. The molecule has 1 aromatic heterocycles. The van der Waals surface area contributed by atoms with Gasteiger partial charge in [-0.3, -0.25) is 4.98 Å². The van der Waals surface area contributed by atoms with Gasteiger partial charge < -0.3 is 0 Å². The zero-order valence-corrected chi connectivity index (χ0v) is 14.8. The first-order valence-electron chi connectivity index (χ1n) is 8.59. The lowest BCUT2D eigenvalue weighted by Gasteiger charge is -2.22. The predicted octanol–water partition coefficient (Wildman–Crippen LogP) is 4.17. The van der Waals surface area contributed by atoms with Gasteiger partial charge in [0.05, 0.1) is 16.6 Å². The van der Waals surface area contributed by atoms with Crippen LogP contribution in [0.2, 0.25) is 0 Å². The number of aromatic nitrogens is 1. The van der Waals surface area contributed by atoms with Crippen LogP contribution in [0.4, 0.5) is 0 Å². The van der Waals surface area contributed by atoms with Gasteiger partial charge in [0.15, 0.2) is 0 Å². The Balaban J connectivity index is 1.72. The molecule has 1 atom stereocenters. The lowest BCUT2D eigenvalue weighted by Crippen LogP contribution is -2.27. The van der Waals surface area contributed by atoms with Crippen molar-refractivity contribution in [3.8, 4) is 0 Å². The highest BCUT2D eigenvalue weighted by molar-refractivity contribution is 7.89. The molecular formula is C19H24N2O2S. The minimum atomic E-state index is -3.55. The number of hydrogen-bond acceptors (Lipinski definition) is 3. The van der Waals surface area contributed by atoms with Crippen molar-refractivity contribution in [3.05, 3.63) is 59.9 Å². The van der Waals surface area contributed by atoms with Gasteiger partial charge in [-0.05, 0) is 55.5 Å². The first kappa shape index (κ1) is 17.1. The summed E-state index contributed by atoms with van der Waals surface area (Å²) in [7, 11) is -3.55. The highest BCUT2D eigenvalue weighted by atomic mass is 32.2. The summed E-state index contributed by atoms with van der Waals surface area (Å²) < 4.78 is 27.8. The minimum Gasteiger partial charge on any atom is -0.260 e. The number of pyridine rings is 1. The quantitative estimate of drug-likeness (QED) is 0.885. The molecule has 1 fully saturated rings. The Morgan fingerprint density at radius 3 is 2.38 bits per heavy atom. The molecule has 1 aromatic carbocycles. The van der Waals surface area contributed by atoms with Crippen LogP contribution in [0.1, 0.15) is 62.2 Å². The van der Waals surface area contributed by atoms with Crippen molar-refractivity contribution in [2.45, 2.75) is 55.9 Å². The van der Waals surface area contributed by atoms with Gasteiger partial charge in [0.2, 0.25) is 10.0 Å². The second-order valence-corrected chi connectivity index (χ2v) is 8.22. The maximum Gasteiger partial charge on any atom is 0.241 e. The minimum absolute atomic E-state index is 0.310. The molecule has 24 heavy (non-hydrogen) atoms. The van der Waals surface area contributed by atoms with Crippen LogP contribution in [0.3, 0.4) is 0 Å². The van der Waals surface area contributed by atoms with Crippen molar-refractivity contribution >= 4 is 10.0 Å². The molecule has 3 rings (SSSR count). The largest absolute Gasteiger partial charge is 0.260 e. The summed E-state index contributed by atoms with van der Waals surface area (Å²) in [5, 5.41) is 0. The van der Waals surface area contributed by atoms with Gasteiger partial charge in [0.1, 0.15) is 0 Å². The predicted molar refractivity (Wildman–Crippen MR) is 95.2 cm³/mol. The highest BCUT2D eigenvalue weighted by Gasteiger charge is 2.20. The summed E-state index contributed by atoms with van der Waals surface area (Å²) in [5.41, 5.74) is 1.96. The normalized spacial score (nSPS) is 17.5. The molecule has 1 aliphatic carbocycles. The molecule has 0 spiro atoms. The van der Waals surface area contributed by atoms with Gasteiger partial charge >= 0.3 is 0 Å². The van der Waals surface area contributed by atoms with Crippen LogP contribution in [0.25, 0.3) is 0 Å². The van der Waals surface area contributed by atoms with E-state index in [1.165, 1.54) is 37.7 Å². The van der Waals surface area contributed by atoms with E-state index in [0.717, 1.165) is 0 Å². The number of sulfonamides is 1. The van der Waals surface area contributed by atoms with E-state index in [2.05, 4.69) is 9.71 Å². The third kappa shape index (κ3) is 4.02. The standard InChI is InChI=1S/C19H24N2O2S/c1-15(19-9-5-6-14-20-19)21-24(22,23)18-12-10-17(11-13-18)16-7-3-2-4-8-16/h5-6,9-16,21H,2-4,7-8H2,1H3. The first-order valence-corrected chi connectivity index (χ1v) is 10.1. The maximum absolute atomic E-state index is 12.6. The van der Waals surface area contributed by atoms with Crippen molar-refractivity contribution in [1.29, 1.82) is 0 Å². The van der Waals surface area contributed by atoms with E-state index in [-0.39, 0.29) is 6.04 Å². The lowest BCUT2D eigenvalue weighted by molar-refractivity contribution is 0.443. The summed E-state index contributed by atoms with van der Waals surface area (Å²) in [4.78, 5) is 4.51. The number of nitrogens with one attached hydrogen (secondary N) is 1. The van der Waals surface area contributed by atoms with Gasteiger partial charge in [0.25, 0.3) is 0 Å². The summed E-state index contributed by atoms with van der Waals surface area (Å²) in [5.74, 6) is 0.580. The topological polar surface area (TPSA) is 59.1 Å². The van der Waals surface area contributed by atoms with Crippen LogP contribution in [0.15, 0.2) is 53.6 Å². The Hall–Kier alpha value is -1.72. The van der Waals surface area contributed by atoms with Gasteiger partial charge in [-0.1, -0.05) is 37.5 Å². The molecule has 0 bridgehead atoms.